The lowest BCUT2D eigenvalue weighted by atomic mass is 9.85. The van der Waals surface area contributed by atoms with Gasteiger partial charge in [0.1, 0.15) is 12.4 Å². The smallest absolute Gasteiger partial charge is 0.372 e. The number of pyridine rings is 1. The zero-order valence-electron chi connectivity index (χ0n) is 16.9. The summed E-state index contributed by atoms with van der Waals surface area (Å²) in [6, 6.07) is 9.99. The van der Waals surface area contributed by atoms with E-state index in [1.165, 1.54) is 30.3 Å². The first-order chi connectivity index (χ1) is 15.5. The van der Waals surface area contributed by atoms with Gasteiger partial charge in [-0.3, -0.25) is 9.59 Å². The normalized spacial score (nSPS) is 13.2. The van der Waals surface area contributed by atoms with E-state index in [4.69, 9.17) is 11.1 Å². The summed E-state index contributed by atoms with van der Waals surface area (Å²) in [5.74, 6) is -1.43. The number of nitrogens with zero attached hydrogens (tertiary/aromatic N) is 1. The van der Waals surface area contributed by atoms with E-state index in [9.17, 15) is 32.3 Å². The fraction of sp³-hybridized carbons (Fsp3) is 0.136. The molecule has 0 bridgehead atoms. The van der Waals surface area contributed by atoms with Crippen LogP contribution in [0.5, 0.6) is 0 Å². The molecule has 33 heavy (non-hydrogen) atoms. The second-order valence-corrected chi connectivity index (χ2v) is 7.14. The van der Waals surface area contributed by atoms with Crippen LogP contribution in [-0.4, -0.2) is 28.0 Å². The zero-order chi connectivity index (χ0) is 24.4. The van der Waals surface area contributed by atoms with Crippen LogP contribution in [0.4, 0.5) is 28.9 Å². The third-order valence-electron chi connectivity index (χ3n) is 4.89. The number of hydrogen-bond acceptors (Lipinski definition) is 5. The number of nitrogens with two attached hydrogens (primary N) is 1. The molecule has 0 fully saturated rings. The topological polar surface area (TPSA) is 121 Å². The summed E-state index contributed by atoms with van der Waals surface area (Å²) in [6.07, 6.45) is -3.72. The minimum Gasteiger partial charge on any atom is -0.372 e. The highest BCUT2D eigenvalue weighted by atomic mass is 19.4. The number of benzene rings is 2. The Balaban J connectivity index is 2.11. The van der Waals surface area contributed by atoms with E-state index < -0.39 is 46.7 Å². The molecule has 0 spiro atoms. The van der Waals surface area contributed by atoms with Crippen molar-refractivity contribution in [3.8, 4) is 0 Å². The predicted molar refractivity (Wildman–Crippen MR) is 113 cm³/mol. The van der Waals surface area contributed by atoms with Crippen LogP contribution in [0.1, 0.15) is 16.7 Å². The maximum Gasteiger partial charge on any atom is 0.425 e. The molecule has 1 heterocycles. The monoisotopic (exact) mass is 462 g/mol. The Morgan fingerprint density at radius 1 is 1.09 bits per heavy atom. The number of aromatic nitrogens is 1. The molecule has 0 saturated heterocycles. The van der Waals surface area contributed by atoms with Gasteiger partial charge in [0.2, 0.25) is 11.5 Å². The number of carbonyl (C=O) groups is 1. The molecule has 172 valence electrons. The van der Waals surface area contributed by atoms with Crippen molar-refractivity contribution in [3.05, 3.63) is 93.7 Å². The summed E-state index contributed by atoms with van der Waals surface area (Å²) >= 11 is 0. The largest absolute Gasteiger partial charge is 0.425 e. The molecule has 0 saturated carbocycles. The lowest BCUT2D eigenvalue weighted by Crippen LogP contribution is -2.44. The van der Waals surface area contributed by atoms with Crippen LogP contribution in [0.15, 0.2) is 65.6 Å². The number of nitrogens with one attached hydrogen (secondary N) is 2. The molecule has 1 atom stereocenters. The number of primary amides is 1. The van der Waals surface area contributed by atoms with Gasteiger partial charge in [0.15, 0.2) is 0 Å². The number of halogens is 4. The van der Waals surface area contributed by atoms with Gasteiger partial charge in [-0.15, -0.1) is 0 Å². The standard InChI is InChI=1S/C22H18F4N4O3/c23-16-3-5-17(6-4-16)29-18-7-1-14(9-13(18)10-27)21(33,22(24,25)26)15-2-8-20(32)30(11-15)12-19(28)31/h1-11,27,29,33H,12H2,(H2,28,31). The Bertz CT molecular complexity index is 1260. The molecule has 3 aromatic rings. The molecule has 3 rings (SSSR count). The van der Waals surface area contributed by atoms with E-state index >= 15 is 0 Å². The van der Waals surface area contributed by atoms with Gasteiger partial charge in [0.05, 0.1) is 0 Å². The van der Waals surface area contributed by atoms with Gasteiger partial charge in [0.25, 0.3) is 5.56 Å². The van der Waals surface area contributed by atoms with Crippen LogP contribution in [0.2, 0.25) is 0 Å². The first-order valence-electron chi connectivity index (χ1n) is 9.41. The lowest BCUT2D eigenvalue weighted by Gasteiger charge is -2.32. The van der Waals surface area contributed by atoms with Gasteiger partial charge in [-0.2, -0.15) is 13.2 Å². The maximum atomic E-state index is 14.2. The number of alkyl halides is 3. The first-order valence-corrected chi connectivity index (χ1v) is 9.41. The summed E-state index contributed by atoms with van der Waals surface area (Å²) in [7, 11) is 0. The van der Waals surface area contributed by atoms with E-state index in [0.717, 1.165) is 36.7 Å². The minimum absolute atomic E-state index is 0.00459. The van der Waals surface area contributed by atoms with Gasteiger partial charge in [0, 0.05) is 41.0 Å². The fourth-order valence-electron chi connectivity index (χ4n) is 3.24. The molecule has 0 radical (unpaired) electrons. The summed E-state index contributed by atoms with van der Waals surface area (Å²) in [4.78, 5) is 23.1. The predicted octanol–water partition coefficient (Wildman–Crippen LogP) is 3.01. The molecule has 7 nitrogen and oxygen atoms in total. The highest BCUT2D eigenvalue weighted by Crippen LogP contribution is 2.44. The molecule has 0 aliphatic heterocycles. The number of rotatable bonds is 7. The van der Waals surface area contributed by atoms with E-state index in [1.807, 2.05) is 0 Å². The van der Waals surface area contributed by atoms with Crippen molar-refractivity contribution in [2.75, 3.05) is 5.32 Å². The van der Waals surface area contributed by atoms with E-state index in [-0.39, 0.29) is 11.3 Å². The minimum atomic E-state index is -5.23. The molecule has 0 aliphatic rings. The molecular weight excluding hydrogens is 444 g/mol. The van der Waals surface area contributed by atoms with E-state index in [1.54, 1.807) is 0 Å². The van der Waals surface area contributed by atoms with Crippen molar-refractivity contribution in [1.29, 1.82) is 5.41 Å². The van der Waals surface area contributed by atoms with Crippen LogP contribution >= 0.6 is 0 Å². The average molecular weight is 462 g/mol. The molecule has 1 aromatic heterocycles. The summed E-state index contributed by atoms with van der Waals surface area (Å²) in [5, 5.41) is 21.3. The van der Waals surface area contributed by atoms with Gasteiger partial charge >= 0.3 is 6.18 Å². The van der Waals surface area contributed by atoms with Crippen LogP contribution in [-0.2, 0) is 16.9 Å². The summed E-state index contributed by atoms with van der Waals surface area (Å²) in [5.41, 5.74) is 0.0317. The van der Waals surface area contributed by atoms with Gasteiger partial charge in [-0.05, 0) is 48.0 Å². The van der Waals surface area contributed by atoms with Crippen molar-refractivity contribution in [1.82, 2.24) is 4.57 Å². The van der Waals surface area contributed by atoms with E-state index in [2.05, 4.69) is 5.32 Å². The average Bonchev–Trinajstić information content (AvgIpc) is 2.75. The summed E-state index contributed by atoms with van der Waals surface area (Å²) in [6.45, 7) is -0.674. The van der Waals surface area contributed by atoms with Crippen molar-refractivity contribution in [2.45, 2.75) is 18.3 Å². The maximum absolute atomic E-state index is 14.2. The number of anilines is 2. The van der Waals surface area contributed by atoms with Crippen LogP contribution < -0.4 is 16.6 Å². The van der Waals surface area contributed by atoms with Crippen LogP contribution in [0.25, 0.3) is 0 Å². The quantitative estimate of drug-likeness (QED) is 0.319. The Morgan fingerprint density at radius 2 is 1.73 bits per heavy atom. The lowest BCUT2D eigenvalue weighted by molar-refractivity contribution is -0.248. The second kappa shape index (κ2) is 8.87. The Labute approximate surface area is 184 Å². The third-order valence-corrected chi connectivity index (χ3v) is 4.89. The number of aliphatic hydroxyl groups is 1. The molecule has 5 N–H and O–H groups in total. The number of amides is 1. The van der Waals surface area contributed by atoms with Crippen molar-refractivity contribution >= 4 is 23.5 Å². The van der Waals surface area contributed by atoms with Crippen molar-refractivity contribution in [2.24, 2.45) is 5.73 Å². The van der Waals surface area contributed by atoms with Crippen LogP contribution in [0.3, 0.4) is 0 Å². The zero-order valence-corrected chi connectivity index (χ0v) is 16.9. The molecule has 0 aliphatic carbocycles. The first kappa shape index (κ1) is 23.7. The fourth-order valence-corrected chi connectivity index (χ4v) is 3.24. The Hall–Kier alpha value is -3.99. The molecule has 11 heteroatoms. The highest BCUT2D eigenvalue weighted by molar-refractivity contribution is 5.88. The number of hydrogen-bond donors (Lipinski definition) is 4. The molecular formula is C22H18F4N4O3. The molecule has 1 amide bonds. The van der Waals surface area contributed by atoms with Crippen molar-refractivity contribution < 1.29 is 27.5 Å². The van der Waals surface area contributed by atoms with Gasteiger partial charge in [-0.1, -0.05) is 6.07 Å². The summed E-state index contributed by atoms with van der Waals surface area (Å²) < 4.78 is 56.2. The highest BCUT2D eigenvalue weighted by Gasteiger charge is 2.56. The SMILES string of the molecule is N=Cc1cc(C(O)(c2ccc(=O)n(CC(N)=O)c2)C(F)(F)F)ccc1Nc1ccc(F)cc1. The van der Waals surface area contributed by atoms with Gasteiger partial charge < -0.3 is 26.1 Å². The molecule has 2 aromatic carbocycles. The molecule has 1 unspecified atom stereocenters. The Morgan fingerprint density at radius 3 is 2.30 bits per heavy atom. The van der Waals surface area contributed by atoms with Gasteiger partial charge in [-0.25, -0.2) is 4.39 Å². The number of carbonyl (C=O) groups excluding carboxylic acids is 1. The van der Waals surface area contributed by atoms with Crippen LogP contribution in [0, 0.1) is 11.2 Å². The third kappa shape index (κ3) is 4.77. The van der Waals surface area contributed by atoms with E-state index in [0.29, 0.717) is 10.3 Å². The Kier molecular flexibility index (Phi) is 6.36. The van der Waals surface area contributed by atoms with Crippen molar-refractivity contribution in [3.63, 3.8) is 0 Å². The second-order valence-electron chi connectivity index (χ2n) is 7.14.